The summed E-state index contributed by atoms with van der Waals surface area (Å²) in [6.07, 6.45) is 4.83. The van der Waals surface area contributed by atoms with Gasteiger partial charge in [-0.3, -0.25) is 14.9 Å². The Morgan fingerprint density at radius 3 is 3.11 bits per heavy atom. The lowest BCUT2D eigenvalue weighted by Crippen LogP contribution is -2.43. The van der Waals surface area contributed by atoms with Crippen LogP contribution in [0.2, 0.25) is 0 Å². The number of rotatable bonds is 5. The van der Waals surface area contributed by atoms with E-state index in [2.05, 4.69) is 10.6 Å². The molecule has 0 saturated carbocycles. The SMILES string of the molecule is O=C(NCCCN1CCCCCC1=O)C1CSCN1. The minimum atomic E-state index is -0.0372. The van der Waals surface area contributed by atoms with Gasteiger partial charge in [0.05, 0.1) is 6.04 Å². The second-order valence-corrected chi connectivity index (χ2v) is 6.14. The van der Waals surface area contributed by atoms with Gasteiger partial charge < -0.3 is 10.2 Å². The van der Waals surface area contributed by atoms with Gasteiger partial charge in [0.15, 0.2) is 0 Å². The molecule has 0 aromatic carbocycles. The van der Waals surface area contributed by atoms with Gasteiger partial charge in [0, 0.05) is 37.7 Å². The minimum Gasteiger partial charge on any atom is -0.355 e. The summed E-state index contributed by atoms with van der Waals surface area (Å²) < 4.78 is 0. The summed E-state index contributed by atoms with van der Waals surface area (Å²) in [7, 11) is 0. The van der Waals surface area contributed by atoms with E-state index in [9.17, 15) is 9.59 Å². The van der Waals surface area contributed by atoms with Crippen molar-refractivity contribution in [1.29, 1.82) is 0 Å². The van der Waals surface area contributed by atoms with Crippen molar-refractivity contribution in [3.63, 3.8) is 0 Å². The Balaban J connectivity index is 1.60. The maximum absolute atomic E-state index is 11.8. The largest absolute Gasteiger partial charge is 0.355 e. The van der Waals surface area contributed by atoms with Gasteiger partial charge >= 0.3 is 0 Å². The number of thioether (sulfide) groups is 1. The molecule has 2 heterocycles. The molecule has 2 amide bonds. The van der Waals surface area contributed by atoms with Gasteiger partial charge in [-0.25, -0.2) is 0 Å². The summed E-state index contributed by atoms with van der Waals surface area (Å²) in [5.41, 5.74) is 0. The van der Waals surface area contributed by atoms with Gasteiger partial charge in [0.1, 0.15) is 0 Å². The number of carbonyl (C=O) groups excluding carboxylic acids is 2. The molecule has 2 aliphatic heterocycles. The Morgan fingerprint density at radius 2 is 2.32 bits per heavy atom. The average Bonchev–Trinajstić information content (AvgIpc) is 2.87. The molecule has 108 valence electrons. The molecule has 19 heavy (non-hydrogen) atoms. The Bertz CT molecular complexity index is 319. The molecular formula is C13H23N3O2S. The third kappa shape index (κ3) is 4.69. The Kier molecular flexibility index (Phi) is 5.97. The number of nitrogens with zero attached hydrogens (tertiary/aromatic N) is 1. The lowest BCUT2D eigenvalue weighted by molar-refractivity contribution is -0.130. The molecule has 0 spiro atoms. The van der Waals surface area contributed by atoms with Crippen LogP contribution in [0.4, 0.5) is 0 Å². The second kappa shape index (κ2) is 7.75. The maximum atomic E-state index is 11.8. The highest BCUT2D eigenvalue weighted by atomic mass is 32.2. The van der Waals surface area contributed by atoms with Crippen LogP contribution in [0.25, 0.3) is 0 Å². The number of amides is 2. The lowest BCUT2D eigenvalue weighted by atomic mass is 10.2. The first-order valence-electron chi connectivity index (χ1n) is 7.14. The molecule has 1 unspecified atom stereocenters. The summed E-state index contributed by atoms with van der Waals surface area (Å²) in [6, 6.07) is -0.0372. The van der Waals surface area contributed by atoms with Gasteiger partial charge in [-0.15, -0.1) is 11.8 Å². The Labute approximate surface area is 118 Å². The summed E-state index contributed by atoms with van der Waals surface area (Å²) >= 11 is 1.75. The minimum absolute atomic E-state index is 0.0372. The fourth-order valence-electron chi connectivity index (χ4n) is 2.44. The van der Waals surface area contributed by atoms with Crippen LogP contribution >= 0.6 is 11.8 Å². The lowest BCUT2D eigenvalue weighted by Gasteiger charge is -2.20. The maximum Gasteiger partial charge on any atom is 0.238 e. The van der Waals surface area contributed by atoms with Crippen molar-refractivity contribution in [1.82, 2.24) is 15.5 Å². The average molecular weight is 285 g/mol. The molecule has 2 fully saturated rings. The van der Waals surface area contributed by atoms with Crippen molar-refractivity contribution in [2.24, 2.45) is 0 Å². The topological polar surface area (TPSA) is 61.4 Å². The third-order valence-corrected chi connectivity index (χ3v) is 4.55. The molecule has 2 aliphatic rings. The predicted octanol–water partition coefficient (Wildman–Crippen LogP) is 0.558. The Hall–Kier alpha value is -0.750. The quantitative estimate of drug-likeness (QED) is 0.725. The zero-order valence-corrected chi connectivity index (χ0v) is 12.1. The van der Waals surface area contributed by atoms with Crippen LogP contribution in [0.3, 0.4) is 0 Å². The van der Waals surface area contributed by atoms with Gasteiger partial charge in [-0.05, 0) is 19.3 Å². The van der Waals surface area contributed by atoms with Crippen molar-refractivity contribution >= 4 is 23.6 Å². The molecule has 0 radical (unpaired) electrons. The van der Waals surface area contributed by atoms with E-state index in [-0.39, 0.29) is 17.9 Å². The molecule has 0 bridgehead atoms. The zero-order chi connectivity index (χ0) is 13.5. The molecule has 2 N–H and O–H groups in total. The van der Waals surface area contributed by atoms with E-state index in [0.29, 0.717) is 13.0 Å². The van der Waals surface area contributed by atoms with Gasteiger partial charge in [-0.2, -0.15) is 0 Å². The van der Waals surface area contributed by atoms with E-state index < -0.39 is 0 Å². The molecule has 0 aliphatic carbocycles. The summed E-state index contributed by atoms with van der Waals surface area (Å²) in [5.74, 6) is 2.08. The highest BCUT2D eigenvalue weighted by molar-refractivity contribution is 7.99. The molecule has 0 aromatic heterocycles. The fraction of sp³-hybridized carbons (Fsp3) is 0.846. The first kappa shape index (κ1) is 14.7. The van der Waals surface area contributed by atoms with Crippen LogP contribution in [0.5, 0.6) is 0 Å². The summed E-state index contributed by atoms with van der Waals surface area (Å²) in [6.45, 7) is 2.31. The highest BCUT2D eigenvalue weighted by Crippen LogP contribution is 2.11. The summed E-state index contributed by atoms with van der Waals surface area (Å²) in [5, 5.41) is 6.09. The van der Waals surface area contributed by atoms with Crippen LogP contribution < -0.4 is 10.6 Å². The van der Waals surface area contributed by atoms with Crippen molar-refractivity contribution in [3.05, 3.63) is 0 Å². The number of carbonyl (C=O) groups is 2. The standard InChI is InChI=1S/C13H23N3O2S/c17-12-5-2-1-3-7-16(12)8-4-6-14-13(18)11-9-19-10-15-11/h11,15H,1-10H2,(H,14,18). The summed E-state index contributed by atoms with van der Waals surface area (Å²) in [4.78, 5) is 25.5. The number of hydrogen-bond donors (Lipinski definition) is 2. The number of likely N-dealkylation sites (tertiary alicyclic amines) is 1. The van der Waals surface area contributed by atoms with Crippen LogP contribution in [0, 0.1) is 0 Å². The first-order chi connectivity index (χ1) is 9.27. The van der Waals surface area contributed by atoms with Crippen molar-refractivity contribution in [3.8, 4) is 0 Å². The molecule has 5 nitrogen and oxygen atoms in total. The number of nitrogens with one attached hydrogen (secondary N) is 2. The van der Waals surface area contributed by atoms with Crippen molar-refractivity contribution in [2.45, 2.75) is 38.1 Å². The monoisotopic (exact) mass is 285 g/mol. The third-order valence-electron chi connectivity index (χ3n) is 3.61. The van der Waals surface area contributed by atoms with E-state index in [1.54, 1.807) is 11.8 Å². The Morgan fingerprint density at radius 1 is 1.42 bits per heavy atom. The van der Waals surface area contributed by atoms with Crippen LogP contribution in [-0.4, -0.2) is 54.0 Å². The van der Waals surface area contributed by atoms with E-state index in [0.717, 1.165) is 50.4 Å². The zero-order valence-electron chi connectivity index (χ0n) is 11.3. The highest BCUT2D eigenvalue weighted by Gasteiger charge is 2.22. The normalized spacial score (nSPS) is 24.3. The van der Waals surface area contributed by atoms with Gasteiger partial charge in [-0.1, -0.05) is 6.42 Å². The van der Waals surface area contributed by atoms with Crippen LogP contribution in [0.15, 0.2) is 0 Å². The smallest absolute Gasteiger partial charge is 0.238 e. The van der Waals surface area contributed by atoms with Crippen LogP contribution in [0.1, 0.15) is 32.1 Å². The molecular weight excluding hydrogens is 262 g/mol. The van der Waals surface area contributed by atoms with Crippen LogP contribution in [-0.2, 0) is 9.59 Å². The first-order valence-corrected chi connectivity index (χ1v) is 8.29. The molecule has 1 atom stereocenters. The van der Waals surface area contributed by atoms with Crippen molar-refractivity contribution < 1.29 is 9.59 Å². The predicted molar refractivity (Wildman–Crippen MR) is 76.9 cm³/mol. The second-order valence-electron chi connectivity index (χ2n) is 5.11. The van der Waals surface area contributed by atoms with E-state index in [4.69, 9.17) is 0 Å². The molecule has 2 saturated heterocycles. The van der Waals surface area contributed by atoms with Gasteiger partial charge in [0.25, 0.3) is 0 Å². The number of hydrogen-bond acceptors (Lipinski definition) is 4. The van der Waals surface area contributed by atoms with Crippen molar-refractivity contribution in [2.75, 3.05) is 31.3 Å². The fourth-order valence-corrected chi connectivity index (χ4v) is 3.39. The molecule has 2 rings (SSSR count). The molecule has 0 aromatic rings. The van der Waals surface area contributed by atoms with Gasteiger partial charge in [0.2, 0.25) is 11.8 Å². The van der Waals surface area contributed by atoms with E-state index in [1.165, 1.54) is 0 Å². The van der Waals surface area contributed by atoms with E-state index >= 15 is 0 Å². The molecule has 6 heteroatoms. The van der Waals surface area contributed by atoms with E-state index in [1.807, 2.05) is 4.90 Å².